The van der Waals surface area contributed by atoms with Gasteiger partial charge in [-0.2, -0.15) is 13.2 Å². The summed E-state index contributed by atoms with van der Waals surface area (Å²) in [4.78, 5) is 14.2. The third-order valence-electron chi connectivity index (χ3n) is 4.23. The van der Waals surface area contributed by atoms with Gasteiger partial charge in [-0.3, -0.25) is 4.79 Å². The van der Waals surface area contributed by atoms with Gasteiger partial charge < -0.3 is 19.7 Å². The molecule has 8 heteroatoms. The Bertz CT molecular complexity index is 595. The van der Waals surface area contributed by atoms with Crippen LogP contribution in [0.25, 0.3) is 0 Å². The molecule has 132 valence electrons. The average molecular weight is 344 g/mol. The van der Waals surface area contributed by atoms with E-state index in [4.69, 9.17) is 9.47 Å². The molecular formula is C16H19F3N2O3. The maximum atomic E-state index is 13.0. The van der Waals surface area contributed by atoms with Crippen LogP contribution in [0.15, 0.2) is 18.2 Å². The molecule has 0 saturated carbocycles. The van der Waals surface area contributed by atoms with Gasteiger partial charge >= 0.3 is 6.18 Å². The van der Waals surface area contributed by atoms with Gasteiger partial charge in [-0.15, -0.1) is 0 Å². The van der Waals surface area contributed by atoms with Gasteiger partial charge in [-0.25, -0.2) is 0 Å². The van der Waals surface area contributed by atoms with E-state index in [1.165, 1.54) is 6.07 Å². The molecule has 0 aromatic heterocycles. The van der Waals surface area contributed by atoms with Crippen molar-refractivity contribution in [3.05, 3.63) is 23.8 Å². The molecule has 24 heavy (non-hydrogen) atoms. The molecule has 3 rings (SSSR count). The highest BCUT2D eigenvalue weighted by Crippen LogP contribution is 2.36. The fourth-order valence-electron chi connectivity index (χ4n) is 2.87. The third-order valence-corrected chi connectivity index (χ3v) is 4.23. The summed E-state index contributed by atoms with van der Waals surface area (Å²) in [6.45, 7) is 2.95. The zero-order valence-corrected chi connectivity index (χ0v) is 13.1. The van der Waals surface area contributed by atoms with Crippen molar-refractivity contribution in [3.8, 4) is 0 Å². The molecule has 1 aromatic carbocycles. The Labute approximate surface area is 137 Å². The Hall–Kier alpha value is -1.80. The second-order valence-electron chi connectivity index (χ2n) is 5.88. The molecule has 2 aliphatic rings. The Morgan fingerprint density at radius 1 is 1.17 bits per heavy atom. The Balaban J connectivity index is 1.87. The highest BCUT2D eigenvalue weighted by Gasteiger charge is 2.32. The number of carbonyl (C=O) groups excluding carboxylic acids is 1. The minimum Gasteiger partial charge on any atom is -0.381 e. The number of hydrogen-bond donors (Lipinski definition) is 1. The number of nitrogens with one attached hydrogen (secondary N) is 1. The van der Waals surface area contributed by atoms with Crippen molar-refractivity contribution in [2.24, 2.45) is 5.92 Å². The summed E-state index contributed by atoms with van der Waals surface area (Å²) >= 11 is 0. The summed E-state index contributed by atoms with van der Waals surface area (Å²) in [5.74, 6) is -0.626. The SMILES string of the molecule is O=C(Nc1cc(C(F)(F)F)ccc1N1CCOCC1)C1CCOC1. The highest BCUT2D eigenvalue weighted by atomic mass is 19.4. The number of hydrogen-bond acceptors (Lipinski definition) is 4. The van der Waals surface area contributed by atoms with E-state index in [1.807, 2.05) is 4.90 Å². The number of rotatable bonds is 3. The molecule has 2 saturated heterocycles. The van der Waals surface area contributed by atoms with Gasteiger partial charge in [-0.1, -0.05) is 0 Å². The molecule has 1 atom stereocenters. The average Bonchev–Trinajstić information content (AvgIpc) is 3.09. The number of halogens is 3. The lowest BCUT2D eigenvalue weighted by Crippen LogP contribution is -2.37. The van der Waals surface area contributed by atoms with E-state index >= 15 is 0 Å². The molecule has 0 bridgehead atoms. The Morgan fingerprint density at radius 2 is 1.92 bits per heavy atom. The summed E-state index contributed by atoms with van der Waals surface area (Å²) in [6, 6.07) is 3.45. The second-order valence-corrected chi connectivity index (χ2v) is 5.88. The molecule has 2 fully saturated rings. The predicted octanol–water partition coefficient (Wildman–Crippen LogP) is 2.52. The number of alkyl halides is 3. The van der Waals surface area contributed by atoms with E-state index in [0.29, 0.717) is 51.6 Å². The van der Waals surface area contributed by atoms with Crippen molar-refractivity contribution in [2.75, 3.05) is 49.7 Å². The highest BCUT2D eigenvalue weighted by molar-refractivity contribution is 5.96. The van der Waals surface area contributed by atoms with Crippen molar-refractivity contribution < 1.29 is 27.4 Å². The molecule has 5 nitrogen and oxygen atoms in total. The Kier molecular flexibility index (Phi) is 4.96. The van der Waals surface area contributed by atoms with E-state index in [0.717, 1.165) is 12.1 Å². The van der Waals surface area contributed by atoms with Gasteiger partial charge in [-0.05, 0) is 24.6 Å². The quantitative estimate of drug-likeness (QED) is 0.915. The summed E-state index contributed by atoms with van der Waals surface area (Å²) in [7, 11) is 0. The van der Waals surface area contributed by atoms with E-state index < -0.39 is 11.7 Å². The van der Waals surface area contributed by atoms with Crippen LogP contribution < -0.4 is 10.2 Å². The van der Waals surface area contributed by atoms with Gasteiger partial charge in [0.05, 0.1) is 42.7 Å². The largest absolute Gasteiger partial charge is 0.416 e. The minimum absolute atomic E-state index is 0.184. The zero-order valence-electron chi connectivity index (χ0n) is 13.1. The number of nitrogens with zero attached hydrogens (tertiary/aromatic N) is 1. The lowest BCUT2D eigenvalue weighted by atomic mass is 10.1. The summed E-state index contributed by atoms with van der Waals surface area (Å²) in [6.07, 6.45) is -3.88. The van der Waals surface area contributed by atoms with Crippen LogP contribution in [0.4, 0.5) is 24.5 Å². The standard InChI is InChI=1S/C16H19F3N2O3/c17-16(18,19)12-1-2-14(21-4-7-23-8-5-21)13(9-12)20-15(22)11-3-6-24-10-11/h1-2,9,11H,3-8,10H2,(H,20,22). The van der Waals surface area contributed by atoms with Crippen molar-refractivity contribution >= 4 is 17.3 Å². The van der Waals surface area contributed by atoms with Crippen LogP contribution in [-0.4, -0.2) is 45.4 Å². The first-order valence-corrected chi connectivity index (χ1v) is 7.88. The number of amides is 1. The van der Waals surface area contributed by atoms with Gasteiger partial charge in [0.1, 0.15) is 0 Å². The molecule has 2 heterocycles. The summed E-state index contributed by atoms with van der Waals surface area (Å²) in [5.41, 5.74) is -0.0142. The van der Waals surface area contributed by atoms with E-state index in [2.05, 4.69) is 5.32 Å². The van der Waals surface area contributed by atoms with Gasteiger partial charge in [0.15, 0.2) is 0 Å². The Morgan fingerprint density at radius 3 is 2.54 bits per heavy atom. The van der Waals surface area contributed by atoms with Crippen molar-refractivity contribution in [2.45, 2.75) is 12.6 Å². The molecule has 2 aliphatic heterocycles. The molecule has 1 amide bonds. The maximum absolute atomic E-state index is 13.0. The topological polar surface area (TPSA) is 50.8 Å². The number of morpholine rings is 1. The lowest BCUT2D eigenvalue weighted by Gasteiger charge is -2.31. The maximum Gasteiger partial charge on any atom is 0.416 e. The number of ether oxygens (including phenoxy) is 2. The fraction of sp³-hybridized carbons (Fsp3) is 0.562. The van der Waals surface area contributed by atoms with Crippen molar-refractivity contribution in [3.63, 3.8) is 0 Å². The normalized spacial score (nSPS) is 21.8. The van der Waals surface area contributed by atoms with Crippen LogP contribution in [0.2, 0.25) is 0 Å². The van der Waals surface area contributed by atoms with Crippen LogP contribution in [0.3, 0.4) is 0 Å². The summed E-state index contributed by atoms with van der Waals surface area (Å²) < 4.78 is 49.5. The van der Waals surface area contributed by atoms with Gasteiger partial charge in [0.25, 0.3) is 0 Å². The summed E-state index contributed by atoms with van der Waals surface area (Å²) in [5, 5.41) is 2.66. The molecule has 0 spiro atoms. The first kappa shape index (κ1) is 17.0. The third kappa shape index (κ3) is 3.81. The van der Waals surface area contributed by atoms with E-state index in [1.54, 1.807) is 0 Å². The minimum atomic E-state index is -4.46. The monoisotopic (exact) mass is 344 g/mol. The zero-order chi connectivity index (χ0) is 17.2. The molecule has 1 aromatic rings. The smallest absolute Gasteiger partial charge is 0.381 e. The van der Waals surface area contributed by atoms with Crippen LogP contribution in [0.1, 0.15) is 12.0 Å². The van der Waals surface area contributed by atoms with E-state index in [9.17, 15) is 18.0 Å². The molecule has 0 aliphatic carbocycles. The van der Waals surface area contributed by atoms with Crippen LogP contribution >= 0.6 is 0 Å². The van der Waals surface area contributed by atoms with Crippen molar-refractivity contribution in [1.82, 2.24) is 0 Å². The molecular weight excluding hydrogens is 325 g/mol. The van der Waals surface area contributed by atoms with Crippen LogP contribution in [0, 0.1) is 5.92 Å². The molecule has 1 unspecified atom stereocenters. The number of anilines is 2. The molecule has 0 radical (unpaired) electrons. The predicted molar refractivity (Wildman–Crippen MR) is 82.0 cm³/mol. The van der Waals surface area contributed by atoms with E-state index in [-0.39, 0.29) is 17.5 Å². The second kappa shape index (κ2) is 6.98. The fourth-order valence-corrected chi connectivity index (χ4v) is 2.87. The van der Waals surface area contributed by atoms with Crippen molar-refractivity contribution in [1.29, 1.82) is 0 Å². The van der Waals surface area contributed by atoms with Crippen LogP contribution in [0.5, 0.6) is 0 Å². The lowest BCUT2D eigenvalue weighted by molar-refractivity contribution is -0.137. The first-order valence-electron chi connectivity index (χ1n) is 7.88. The molecule has 1 N–H and O–H groups in total. The van der Waals surface area contributed by atoms with Gasteiger partial charge in [0, 0.05) is 19.7 Å². The van der Waals surface area contributed by atoms with Crippen LogP contribution in [-0.2, 0) is 20.4 Å². The first-order chi connectivity index (χ1) is 11.4. The van der Waals surface area contributed by atoms with Gasteiger partial charge in [0.2, 0.25) is 5.91 Å². The number of carbonyl (C=O) groups is 1. The number of benzene rings is 1.